The van der Waals surface area contributed by atoms with Gasteiger partial charge in [0.1, 0.15) is 6.04 Å². The van der Waals surface area contributed by atoms with Crippen molar-refractivity contribution >= 4 is 38.3 Å². The summed E-state index contributed by atoms with van der Waals surface area (Å²) in [6.07, 6.45) is 1.97. The summed E-state index contributed by atoms with van der Waals surface area (Å²) in [4.78, 5) is 35.4. The van der Waals surface area contributed by atoms with Crippen molar-refractivity contribution in [3.8, 4) is 6.07 Å². The molecule has 2 atom stereocenters. The van der Waals surface area contributed by atoms with E-state index in [4.69, 9.17) is 0 Å². The maximum atomic E-state index is 14.5. The fourth-order valence-corrected chi connectivity index (χ4v) is 8.78. The Hall–Kier alpha value is -3.76. The highest BCUT2D eigenvalue weighted by atomic mass is 32.2. The lowest BCUT2D eigenvalue weighted by Crippen LogP contribution is -2.51. The minimum Gasteiger partial charge on any atom is -0.339 e. The number of likely N-dealkylation sites (tertiary alicyclic amines) is 1. The zero-order valence-electron chi connectivity index (χ0n) is 24.0. The van der Waals surface area contributed by atoms with Gasteiger partial charge in [-0.05, 0) is 54.6 Å². The summed E-state index contributed by atoms with van der Waals surface area (Å²) in [6, 6.07) is 16.1. The van der Waals surface area contributed by atoms with Gasteiger partial charge in [-0.1, -0.05) is 37.3 Å². The molecule has 1 amide bonds. The number of hydrogen-bond acceptors (Lipinski definition) is 8. The molecule has 4 aromatic rings. The Morgan fingerprint density at radius 1 is 1.05 bits per heavy atom. The van der Waals surface area contributed by atoms with Gasteiger partial charge in [0.15, 0.2) is 0 Å². The molecular weight excluding hydrogens is 585 g/mol. The minimum absolute atomic E-state index is 0.00739. The van der Waals surface area contributed by atoms with Gasteiger partial charge in [-0.2, -0.15) is 20.6 Å². The molecule has 2 aromatic heterocycles. The largest absolute Gasteiger partial charge is 0.344 e. The molecule has 43 heavy (non-hydrogen) atoms. The number of nitriles is 1. The van der Waals surface area contributed by atoms with E-state index in [-0.39, 0.29) is 33.4 Å². The van der Waals surface area contributed by atoms with Gasteiger partial charge in [0.25, 0.3) is 15.9 Å². The fourth-order valence-electron chi connectivity index (χ4n) is 6.37. The smallest absolute Gasteiger partial charge is 0.339 e. The van der Waals surface area contributed by atoms with Crippen molar-refractivity contribution in [1.29, 1.82) is 5.26 Å². The fraction of sp³-hybridized carbons (Fsp3) is 0.387. The zero-order valence-corrected chi connectivity index (χ0v) is 25.6. The molecule has 224 valence electrons. The van der Waals surface area contributed by atoms with Gasteiger partial charge >= 0.3 is 5.69 Å². The Balaban J connectivity index is 1.42. The molecule has 2 aliphatic rings. The summed E-state index contributed by atoms with van der Waals surface area (Å²) >= 11 is 1.21. The van der Waals surface area contributed by atoms with E-state index in [1.165, 1.54) is 45.5 Å². The van der Waals surface area contributed by atoms with E-state index in [1.54, 1.807) is 34.5 Å². The Bertz CT molecular complexity index is 1820. The lowest BCUT2D eigenvalue weighted by Gasteiger charge is -2.38. The zero-order chi connectivity index (χ0) is 30.1. The van der Waals surface area contributed by atoms with Crippen LogP contribution in [0.1, 0.15) is 36.9 Å². The summed E-state index contributed by atoms with van der Waals surface area (Å²) < 4.78 is 29.5. The predicted molar refractivity (Wildman–Crippen MR) is 166 cm³/mol. The number of fused-ring (bicyclic) bond motifs is 1. The maximum Gasteiger partial charge on any atom is 0.344 e. The highest BCUT2D eigenvalue weighted by molar-refractivity contribution is 7.90. The van der Waals surface area contributed by atoms with E-state index in [0.29, 0.717) is 18.7 Å². The number of carbonyl (C=O) groups excluding carboxylic acids is 1. The standard InChI is InChI=1S/C31H34N6O4S2/c1-2-12-33-14-16-34(17-15-33)25-10-13-35(21-25)30(38)29(24-6-4-3-5-7-24)36-28-19-23(20-32)8-9-27(28)37(31(36)39)43(40,41)26-11-18-42-22-26/h3-9,11,18-19,22,25,29H,2,10,12-17,21H2,1H3. The molecule has 2 aromatic carbocycles. The molecule has 10 nitrogen and oxygen atoms in total. The second kappa shape index (κ2) is 12.1. The summed E-state index contributed by atoms with van der Waals surface area (Å²) in [5.41, 5.74) is 0.317. The average molecular weight is 619 g/mol. The molecule has 2 aliphatic heterocycles. The number of aromatic nitrogens is 2. The average Bonchev–Trinajstić information content (AvgIpc) is 3.79. The van der Waals surface area contributed by atoms with E-state index in [0.717, 1.165) is 49.5 Å². The molecule has 0 spiro atoms. The van der Waals surface area contributed by atoms with Gasteiger partial charge in [0.05, 0.1) is 27.6 Å². The first-order chi connectivity index (χ1) is 20.8. The number of rotatable bonds is 8. The van der Waals surface area contributed by atoms with E-state index >= 15 is 0 Å². The number of amides is 1. The third-order valence-corrected chi connectivity index (χ3v) is 11.1. The second-order valence-corrected chi connectivity index (χ2v) is 13.7. The summed E-state index contributed by atoms with van der Waals surface area (Å²) in [7, 11) is -4.27. The molecule has 2 unspecified atom stereocenters. The summed E-state index contributed by atoms with van der Waals surface area (Å²) in [5, 5.41) is 12.8. The molecule has 2 fully saturated rings. The van der Waals surface area contributed by atoms with Gasteiger partial charge in [0.2, 0.25) is 0 Å². The third-order valence-electron chi connectivity index (χ3n) is 8.54. The first kappa shape index (κ1) is 29.3. The van der Waals surface area contributed by atoms with Crippen LogP contribution >= 0.6 is 11.3 Å². The van der Waals surface area contributed by atoms with Crippen LogP contribution in [0.15, 0.2) is 75.0 Å². The van der Waals surface area contributed by atoms with Crippen molar-refractivity contribution in [2.75, 3.05) is 45.8 Å². The number of carbonyl (C=O) groups is 1. The molecule has 0 radical (unpaired) electrons. The Labute approximate surface area is 255 Å². The van der Waals surface area contributed by atoms with Crippen molar-refractivity contribution in [2.24, 2.45) is 0 Å². The molecule has 4 heterocycles. The predicted octanol–water partition coefficient (Wildman–Crippen LogP) is 3.19. The molecule has 6 rings (SSSR count). The van der Waals surface area contributed by atoms with Crippen LogP contribution < -0.4 is 5.69 Å². The van der Waals surface area contributed by atoms with Crippen LogP contribution in [-0.2, 0) is 14.8 Å². The first-order valence-electron chi connectivity index (χ1n) is 14.6. The molecule has 12 heteroatoms. The van der Waals surface area contributed by atoms with Gasteiger partial charge < -0.3 is 9.80 Å². The highest BCUT2D eigenvalue weighted by Crippen LogP contribution is 2.30. The van der Waals surface area contributed by atoms with Crippen LogP contribution in [0.5, 0.6) is 0 Å². The van der Waals surface area contributed by atoms with E-state index in [9.17, 15) is 23.3 Å². The van der Waals surface area contributed by atoms with Gasteiger partial charge in [-0.3, -0.25) is 14.3 Å². The highest BCUT2D eigenvalue weighted by Gasteiger charge is 2.38. The van der Waals surface area contributed by atoms with Crippen LogP contribution in [0, 0.1) is 11.3 Å². The van der Waals surface area contributed by atoms with E-state index in [2.05, 4.69) is 22.8 Å². The Morgan fingerprint density at radius 3 is 2.49 bits per heavy atom. The van der Waals surface area contributed by atoms with Gasteiger partial charge in [-0.15, -0.1) is 0 Å². The normalized spacial score (nSPS) is 19.1. The van der Waals surface area contributed by atoms with Gasteiger partial charge in [0, 0.05) is 50.7 Å². The van der Waals surface area contributed by atoms with Gasteiger partial charge in [-0.25, -0.2) is 13.2 Å². The Morgan fingerprint density at radius 2 is 1.81 bits per heavy atom. The quantitative estimate of drug-likeness (QED) is 0.298. The molecule has 0 bridgehead atoms. The number of piperazine rings is 1. The molecule has 2 saturated heterocycles. The number of benzene rings is 2. The van der Waals surface area contributed by atoms with Crippen LogP contribution in [-0.4, -0.2) is 89.4 Å². The lowest BCUT2D eigenvalue weighted by atomic mass is 10.0. The molecule has 0 saturated carbocycles. The molecular formula is C31H34N6O4S2. The van der Waals surface area contributed by atoms with E-state index in [1.807, 2.05) is 6.07 Å². The van der Waals surface area contributed by atoms with Crippen molar-refractivity contribution in [3.63, 3.8) is 0 Å². The van der Waals surface area contributed by atoms with Crippen LogP contribution in [0.2, 0.25) is 0 Å². The minimum atomic E-state index is -4.27. The first-order valence-corrected chi connectivity index (χ1v) is 17.0. The summed E-state index contributed by atoms with van der Waals surface area (Å²) in [6.45, 7) is 8.32. The van der Waals surface area contributed by atoms with E-state index < -0.39 is 21.8 Å². The number of imidazole rings is 1. The number of thiophene rings is 1. The lowest BCUT2D eigenvalue weighted by molar-refractivity contribution is -0.132. The number of hydrogen-bond donors (Lipinski definition) is 0. The molecule has 0 N–H and O–H groups in total. The van der Waals surface area contributed by atoms with Crippen LogP contribution in [0.4, 0.5) is 0 Å². The van der Waals surface area contributed by atoms with Crippen LogP contribution in [0.25, 0.3) is 11.0 Å². The summed E-state index contributed by atoms with van der Waals surface area (Å²) in [5.74, 6) is -0.269. The topological polar surface area (TPSA) is 112 Å². The molecule has 0 aliphatic carbocycles. The monoisotopic (exact) mass is 618 g/mol. The van der Waals surface area contributed by atoms with Crippen molar-refractivity contribution < 1.29 is 13.2 Å². The third kappa shape index (κ3) is 5.42. The second-order valence-electron chi connectivity index (χ2n) is 11.1. The Kier molecular flexibility index (Phi) is 8.24. The number of nitrogens with zero attached hydrogens (tertiary/aromatic N) is 6. The van der Waals surface area contributed by atoms with Crippen molar-refractivity contribution in [2.45, 2.75) is 36.7 Å². The maximum absolute atomic E-state index is 14.5. The van der Waals surface area contributed by atoms with Crippen LogP contribution in [0.3, 0.4) is 0 Å². The van der Waals surface area contributed by atoms with Crippen molar-refractivity contribution in [1.82, 2.24) is 23.2 Å². The SMILES string of the molecule is CCCN1CCN(C2CCN(C(=O)C(c3ccccc3)n3c(=O)n(S(=O)(=O)c4ccsc4)c4ccc(C#N)cc43)C2)CC1. The van der Waals surface area contributed by atoms with Crippen molar-refractivity contribution in [3.05, 3.63) is 87.0 Å².